The third-order valence-corrected chi connectivity index (χ3v) is 6.96. The van der Waals surface area contributed by atoms with Crippen molar-refractivity contribution >= 4 is 16.1 Å². The van der Waals surface area contributed by atoms with Gasteiger partial charge in [0, 0.05) is 24.5 Å². The van der Waals surface area contributed by atoms with Crippen molar-refractivity contribution in [2.45, 2.75) is 70.4 Å². The van der Waals surface area contributed by atoms with E-state index in [-0.39, 0.29) is 11.5 Å². The van der Waals surface area contributed by atoms with E-state index in [2.05, 4.69) is 16.3 Å². The minimum atomic E-state index is -4.27. The van der Waals surface area contributed by atoms with Crippen LogP contribution in [0.2, 0.25) is 0 Å². The van der Waals surface area contributed by atoms with Gasteiger partial charge >= 0.3 is 0 Å². The molecule has 0 saturated heterocycles. The predicted molar refractivity (Wildman–Crippen MR) is 138 cm³/mol. The number of hydrogen-bond donors (Lipinski definition) is 1. The molecule has 8 nitrogen and oxygen atoms in total. The number of rotatable bonds is 11. The van der Waals surface area contributed by atoms with Gasteiger partial charge in [0.25, 0.3) is 10.0 Å². The lowest BCUT2D eigenvalue weighted by Gasteiger charge is -2.19. The highest BCUT2D eigenvalue weighted by Gasteiger charge is 2.22. The molecular formula is C27H34N3O5S-. The highest BCUT2D eigenvalue weighted by molar-refractivity contribution is 7.90. The Balaban J connectivity index is 1.95. The maximum Gasteiger partial charge on any atom is 0.284 e. The second kappa shape index (κ2) is 11.7. The lowest BCUT2D eigenvalue weighted by atomic mass is 10.00. The topological polar surface area (TPSA) is 117 Å². The maximum atomic E-state index is 13.0. The number of hydrogen-bond acceptors (Lipinski definition) is 6. The van der Waals surface area contributed by atoms with Gasteiger partial charge in [-0.1, -0.05) is 57.0 Å². The van der Waals surface area contributed by atoms with Crippen LogP contribution in [-0.4, -0.2) is 35.8 Å². The minimum Gasteiger partial charge on any atom is -0.600 e. The quantitative estimate of drug-likeness (QED) is 0.236. The van der Waals surface area contributed by atoms with Crippen molar-refractivity contribution in [3.8, 4) is 11.1 Å². The van der Waals surface area contributed by atoms with E-state index < -0.39 is 21.7 Å². The van der Waals surface area contributed by atoms with Crippen LogP contribution < -0.4 is 5.11 Å². The highest BCUT2D eigenvalue weighted by Crippen LogP contribution is 2.31. The summed E-state index contributed by atoms with van der Waals surface area (Å²) in [5.74, 6) is 0.555. The van der Waals surface area contributed by atoms with Gasteiger partial charge in [0.15, 0.2) is 6.08 Å². The molecule has 0 atom stereocenters. The van der Waals surface area contributed by atoms with Gasteiger partial charge in [0.1, 0.15) is 11.4 Å². The summed E-state index contributed by atoms with van der Waals surface area (Å²) in [5, 5.41) is 22.4. The number of imidazole rings is 1. The first-order valence-corrected chi connectivity index (χ1v) is 13.6. The molecule has 1 aromatic heterocycles. The van der Waals surface area contributed by atoms with Gasteiger partial charge in [-0.3, -0.25) is 0 Å². The Morgan fingerprint density at radius 2 is 1.81 bits per heavy atom. The summed E-state index contributed by atoms with van der Waals surface area (Å²) in [5.41, 5.74) is 2.05. The summed E-state index contributed by atoms with van der Waals surface area (Å²) in [7, 11) is -4.27. The van der Waals surface area contributed by atoms with Crippen LogP contribution in [0.4, 0.5) is 0 Å². The summed E-state index contributed by atoms with van der Waals surface area (Å²) < 4.78 is 36.3. The Morgan fingerprint density at radius 3 is 2.44 bits per heavy atom. The van der Waals surface area contributed by atoms with Crippen molar-refractivity contribution in [2.75, 3.05) is 6.61 Å². The Bertz CT molecular complexity index is 1290. The Labute approximate surface area is 213 Å². The van der Waals surface area contributed by atoms with Gasteiger partial charge in [-0.15, -0.1) is 4.40 Å². The zero-order valence-electron chi connectivity index (χ0n) is 21.3. The lowest BCUT2D eigenvalue weighted by Crippen LogP contribution is -2.23. The number of aryl methyl sites for hydroxylation is 1. The summed E-state index contributed by atoms with van der Waals surface area (Å²) >= 11 is 0. The number of unbranched alkanes of at least 4 members (excludes halogenated alkanes) is 1. The molecule has 0 spiro atoms. The molecule has 3 rings (SSSR count). The molecule has 9 heteroatoms. The van der Waals surface area contributed by atoms with Crippen LogP contribution in [0, 0.1) is 0 Å². The summed E-state index contributed by atoms with van der Waals surface area (Å²) in [4.78, 5) is 4.22. The van der Waals surface area contributed by atoms with Gasteiger partial charge in [0.05, 0.1) is 4.90 Å². The average molecular weight is 513 g/mol. The Morgan fingerprint density at radius 1 is 1.11 bits per heavy atom. The molecule has 36 heavy (non-hydrogen) atoms. The van der Waals surface area contributed by atoms with E-state index in [1.807, 2.05) is 41.8 Å². The first-order valence-electron chi connectivity index (χ1n) is 12.2. The van der Waals surface area contributed by atoms with Gasteiger partial charge in [-0.05, 0) is 62.1 Å². The van der Waals surface area contributed by atoms with E-state index in [1.165, 1.54) is 6.07 Å². The molecule has 0 radical (unpaired) electrons. The fourth-order valence-electron chi connectivity index (χ4n) is 3.90. The van der Waals surface area contributed by atoms with E-state index in [0.29, 0.717) is 29.9 Å². The molecule has 0 saturated carbocycles. The Hall–Kier alpha value is -3.17. The van der Waals surface area contributed by atoms with E-state index >= 15 is 0 Å². The molecule has 0 aliphatic carbocycles. The van der Waals surface area contributed by atoms with Crippen molar-refractivity contribution in [1.82, 2.24) is 9.55 Å². The van der Waals surface area contributed by atoms with E-state index in [4.69, 9.17) is 4.74 Å². The van der Waals surface area contributed by atoms with Crippen molar-refractivity contribution in [3.05, 3.63) is 71.8 Å². The summed E-state index contributed by atoms with van der Waals surface area (Å²) in [6.07, 6.45) is 5.51. The van der Waals surface area contributed by atoms with Crippen LogP contribution in [-0.2, 0) is 33.3 Å². The predicted octanol–water partition coefficient (Wildman–Crippen LogP) is 4.00. The van der Waals surface area contributed by atoms with E-state index in [9.17, 15) is 18.6 Å². The van der Waals surface area contributed by atoms with Crippen molar-refractivity contribution < 1.29 is 23.4 Å². The van der Waals surface area contributed by atoms with E-state index in [1.54, 1.807) is 32.3 Å². The summed E-state index contributed by atoms with van der Waals surface area (Å²) in [6, 6.07) is 12.6. The standard InChI is InChI=1S/C27H35N3O5S/c1-5-7-17-35-26(31)29-36(33,34)24-14-11-20(8-6-2)18-23(24)22-12-9-21(10-13-22)19-30-16-15-28-25(30)27(3,4)32/h9-16,18,32H,5-8,17,19H2,1-4H3,(H,29,31)/p-1. The SMILES string of the molecule is CCCCO/C([O-])=N/S(=O)(=O)c1ccc(CCC)cc1-c1ccc(Cn2ccnc2C(C)(C)O)cc1. The number of aromatic nitrogens is 2. The molecule has 0 aliphatic rings. The van der Waals surface area contributed by atoms with E-state index in [0.717, 1.165) is 30.4 Å². The lowest BCUT2D eigenvalue weighted by molar-refractivity contribution is -0.249. The third-order valence-electron chi connectivity index (χ3n) is 5.66. The zero-order valence-corrected chi connectivity index (χ0v) is 22.1. The number of benzene rings is 2. The van der Waals surface area contributed by atoms with Gasteiger partial charge in [-0.2, -0.15) is 8.42 Å². The smallest absolute Gasteiger partial charge is 0.284 e. The Kier molecular flexibility index (Phi) is 8.92. The average Bonchev–Trinajstić information content (AvgIpc) is 3.28. The first-order chi connectivity index (χ1) is 17.0. The van der Waals surface area contributed by atoms with Crippen LogP contribution in [0.3, 0.4) is 0 Å². The largest absolute Gasteiger partial charge is 0.600 e. The molecule has 0 bridgehead atoms. The zero-order chi connectivity index (χ0) is 26.3. The molecule has 3 aromatic rings. The van der Waals surface area contributed by atoms with Crippen LogP contribution in [0.1, 0.15) is 63.9 Å². The number of nitrogens with zero attached hydrogens (tertiary/aromatic N) is 3. The molecule has 1 heterocycles. The molecular weight excluding hydrogens is 478 g/mol. The second-order valence-corrected chi connectivity index (χ2v) is 10.8. The molecule has 0 fully saturated rings. The second-order valence-electron chi connectivity index (χ2n) is 9.25. The monoisotopic (exact) mass is 512 g/mol. The van der Waals surface area contributed by atoms with Crippen LogP contribution in [0.25, 0.3) is 11.1 Å². The maximum absolute atomic E-state index is 13.0. The van der Waals surface area contributed by atoms with Crippen LogP contribution in [0.5, 0.6) is 0 Å². The molecule has 194 valence electrons. The molecule has 1 N–H and O–H groups in total. The highest BCUT2D eigenvalue weighted by atomic mass is 32.2. The molecule has 0 amide bonds. The minimum absolute atomic E-state index is 0.0403. The number of aliphatic hydroxyl groups is 1. The fourth-order valence-corrected chi connectivity index (χ4v) is 4.94. The summed E-state index contributed by atoms with van der Waals surface area (Å²) in [6.45, 7) is 8.00. The van der Waals surface area contributed by atoms with Crippen LogP contribution >= 0.6 is 0 Å². The normalized spacial score (nSPS) is 12.6. The third kappa shape index (κ3) is 6.95. The van der Waals surface area contributed by atoms with Gasteiger partial charge in [-0.25, -0.2) is 4.98 Å². The van der Waals surface area contributed by atoms with Gasteiger partial charge < -0.3 is 19.5 Å². The van der Waals surface area contributed by atoms with Crippen molar-refractivity contribution in [2.24, 2.45) is 4.40 Å². The molecule has 0 unspecified atom stereocenters. The first kappa shape index (κ1) is 27.4. The van der Waals surface area contributed by atoms with Crippen LogP contribution in [0.15, 0.2) is 64.2 Å². The fraction of sp³-hybridized carbons (Fsp3) is 0.407. The number of ether oxygens (including phenoxy) is 1. The number of sulfonamides is 1. The van der Waals surface area contributed by atoms with Crippen molar-refractivity contribution in [3.63, 3.8) is 0 Å². The molecule has 2 aromatic carbocycles. The van der Waals surface area contributed by atoms with Gasteiger partial charge in [0.2, 0.25) is 0 Å². The van der Waals surface area contributed by atoms with Crippen molar-refractivity contribution in [1.29, 1.82) is 0 Å². The molecule has 0 aliphatic heterocycles.